The molecule has 0 bridgehead atoms. The minimum atomic E-state index is -2.28. The minimum Gasteiger partial charge on any atom is -0.771 e. The van der Waals surface area contributed by atoms with Crippen LogP contribution in [0.5, 0.6) is 5.75 Å². The van der Waals surface area contributed by atoms with Crippen molar-refractivity contribution in [3.8, 4) is 5.75 Å². The number of carbonyl (C=O) groups is 1. The Kier molecular flexibility index (Phi) is 6.20. The Hall–Kier alpha value is -1.40. The van der Waals surface area contributed by atoms with Crippen molar-refractivity contribution in [1.29, 1.82) is 0 Å². The van der Waals surface area contributed by atoms with Crippen molar-refractivity contribution in [2.75, 3.05) is 12.5 Å². The quantitative estimate of drug-likeness (QED) is 0.817. The van der Waals surface area contributed by atoms with Gasteiger partial charge in [-0.3, -0.25) is 9.00 Å². The van der Waals surface area contributed by atoms with E-state index in [1.807, 2.05) is 0 Å². The molecule has 0 aliphatic heterocycles. The van der Waals surface area contributed by atoms with Crippen LogP contribution >= 0.6 is 0 Å². The van der Waals surface area contributed by atoms with Crippen LogP contribution in [0.4, 0.5) is 0 Å². The van der Waals surface area contributed by atoms with Gasteiger partial charge in [-0.05, 0) is 54.1 Å². The summed E-state index contributed by atoms with van der Waals surface area (Å²) < 4.78 is 26.5. The van der Waals surface area contributed by atoms with Gasteiger partial charge in [-0.15, -0.1) is 0 Å². The molecule has 1 aromatic carbocycles. The van der Waals surface area contributed by atoms with Crippen LogP contribution in [-0.2, 0) is 11.1 Å². The highest BCUT2D eigenvalue weighted by Gasteiger charge is 2.14. The Labute approximate surface area is 127 Å². The molecule has 6 heteroatoms. The molecule has 116 valence electrons. The molecular formula is C15H20NO4S-. The molecule has 0 spiro atoms. The Bertz CT molecular complexity index is 483. The molecule has 1 saturated carbocycles. The average molecular weight is 310 g/mol. The van der Waals surface area contributed by atoms with E-state index in [-0.39, 0.29) is 5.88 Å². The molecule has 0 heterocycles. The molecule has 0 saturated heterocycles. The first-order chi connectivity index (χ1) is 10.1. The molecule has 1 atom stereocenters. The summed E-state index contributed by atoms with van der Waals surface area (Å²) in [4.78, 5) is 11.6. The van der Waals surface area contributed by atoms with Gasteiger partial charge in [0.25, 0.3) is 5.91 Å². The maximum Gasteiger partial charge on any atom is 0.251 e. The van der Waals surface area contributed by atoms with E-state index in [9.17, 15) is 13.6 Å². The first-order valence-electron chi connectivity index (χ1n) is 7.22. The van der Waals surface area contributed by atoms with Crippen LogP contribution in [0.3, 0.4) is 0 Å². The van der Waals surface area contributed by atoms with Gasteiger partial charge in [0.05, 0.1) is 12.5 Å². The van der Waals surface area contributed by atoms with Gasteiger partial charge in [-0.25, -0.2) is 0 Å². The zero-order valence-electron chi connectivity index (χ0n) is 11.9. The number of hydrogen-bond donors (Lipinski definition) is 1. The van der Waals surface area contributed by atoms with Crippen molar-refractivity contribution in [3.63, 3.8) is 0 Å². The third-order valence-electron chi connectivity index (χ3n) is 3.68. The largest absolute Gasteiger partial charge is 0.771 e. The van der Waals surface area contributed by atoms with Crippen LogP contribution in [0.1, 0.15) is 42.5 Å². The zero-order valence-corrected chi connectivity index (χ0v) is 12.7. The highest BCUT2D eigenvalue weighted by Crippen LogP contribution is 2.24. The lowest BCUT2D eigenvalue weighted by atomic mass is 9.90. The van der Waals surface area contributed by atoms with Gasteiger partial charge in [-0.2, -0.15) is 0 Å². The molecular weight excluding hydrogens is 290 g/mol. The van der Waals surface area contributed by atoms with Gasteiger partial charge < -0.3 is 14.6 Å². The number of carbonyl (C=O) groups excluding carboxylic acids is 1. The summed E-state index contributed by atoms with van der Waals surface area (Å²) in [7, 11) is 0. The third kappa shape index (κ3) is 5.47. The van der Waals surface area contributed by atoms with Crippen molar-refractivity contribution in [3.05, 3.63) is 29.8 Å². The molecule has 1 aliphatic rings. The highest BCUT2D eigenvalue weighted by atomic mass is 32.2. The van der Waals surface area contributed by atoms with Crippen molar-refractivity contribution >= 4 is 17.0 Å². The Balaban J connectivity index is 1.80. The monoisotopic (exact) mass is 310 g/mol. The number of hydrogen-bond acceptors (Lipinski definition) is 4. The summed E-state index contributed by atoms with van der Waals surface area (Å²) in [6.07, 6.45) is 6.36. The number of nitrogens with one attached hydrogen (secondary N) is 1. The minimum absolute atomic E-state index is 0.376. The lowest BCUT2D eigenvalue weighted by Gasteiger charge is -2.21. The van der Waals surface area contributed by atoms with Crippen LogP contribution < -0.4 is 10.1 Å². The van der Waals surface area contributed by atoms with Gasteiger partial charge in [0.15, 0.2) is 0 Å². The summed E-state index contributed by atoms with van der Waals surface area (Å²) in [6, 6.07) is 6.76. The molecule has 1 aliphatic carbocycles. The lowest BCUT2D eigenvalue weighted by Crippen LogP contribution is -2.26. The molecule has 1 aromatic rings. The zero-order chi connectivity index (χ0) is 15.1. The summed E-state index contributed by atoms with van der Waals surface area (Å²) in [5.74, 6) is 0.593. The smallest absolute Gasteiger partial charge is 0.251 e. The molecule has 1 unspecified atom stereocenters. The van der Waals surface area contributed by atoms with E-state index in [4.69, 9.17) is 4.74 Å². The molecule has 5 nitrogen and oxygen atoms in total. The maximum absolute atomic E-state index is 11.6. The fourth-order valence-corrected chi connectivity index (χ4v) is 2.75. The fraction of sp³-hybridized carbons (Fsp3) is 0.533. The second-order valence-corrected chi connectivity index (χ2v) is 6.19. The number of amides is 1. The van der Waals surface area contributed by atoms with Crippen LogP contribution in [0, 0.1) is 5.92 Å². The van der Waals surface area contributed by atoms with Crippen LogP contribution in [0.15, 0.2) is 24.3 Å². The fourth-order valence-electron chi connectivity index (χ4n) is 2.50. The Morgan fingerprint density at radius 2 is 1.90 bits per heavy atom. The number of rotatable bonds is 6. The van der Waals surface area contributed by atoms with E-state index in [0.29, 0.717) is 11.5 Å². The summed E-state index contributed by atoms with van der Waals surface area (Å²) in [5, 5.41) is 2.31. The van der Waals surface area contributed by atoms with E-state index in [2.05, 4.69) is 5.32 Å². The Morgan fingerprint density at radius 1 is 1.24 bits per heavy atom. The third-order valence-corrected chi connectivity index (χ3v) is 4.06. The van der Waals surface area contributed by atoms with E-state index in [1.165, 1.54) is 32.1 Å². The van der Waals surface area contributed by atoms with Crippen LogP contribution in [0.25, 0.3) is 0 Å². The predicted octanol–water partition coefficient (Wildman–Crippen LogP) is 2.21. The average Bonchev–Trinajstić information content (AvgIpc) is 2.52. The normalized spacial score (nSPS) is 17.2. The van der Waals surface area contributed by atoms with Crippen molar-refractivity contribution in [2.24, 2.45) is 5.92 Å². The molecule has 1 amide bonds. The van der Waals surface area contributed by atoms with E-state index in [0.717, 1.165) is 12.4 Å². The molecule has 21 heavy (non-hydrogen) atoms. The first-order valence-corrected chi connectivity index (χ1v) is 8.46. The molecule has 0 radical (unpaired) electrons. The predicted molar refractivity (Wildman–Crippen MR) is 79.8 cm³/mol. The Morgan fingerprint density at radius 3 is 2.52 bits per heavy atom. The molecule has 0 aromatic heterocycles. The SMILES string of the molecule is O=C(NCS(=O)[O-])c1ccc(OCC2CCCCC2)cc1. The summed E-state index contributed by atoms with van der Waals surface area (Å²) >= 11 is -2.28. The van der Waals surface area contributed by atoms with E-state index >= 15 is 0 Å². The van der Waals surface area contributed by atoms with E-state index in [1.54, 1.807) is 24.3 Å². The van der Waals surface area contributed by atoms with Gasteiger partial charge in [0.2, 0.25) is 0 Å². The lowest BCUT2D eigenvalue weighted by molar-refractivity contribution is 0.0959. The summed E-state index contributed by atoms with van der Waals surface area (Å²) in [6.45, 7) is 0.723. The maximum atomic E-state index is 11.6. The van der Waals surface area contributed by atoms with Crippen molar-refractivity contribution in [1.82, 2.24) is 5.32 Å². The van der Waals surface area contributed by atoms with Gasteiger partial charge in [0, 0.05) is 5.56 Å². The second kappa shape index (κ2) is 8.14. The van der Waals surface area contributed by atoms with Crippen LogP contribution in [0.2, 0.25) is 0 Å². The van der Waals surface area contributed by atoms with E-state index < -0.39 is 17.0 Å². The molecule has 2 rings (SSSR count). The highest BCUT2D eigenvalue weighted by molar-refractivity contribution is 7.79. The second-order valence-electron chi connectivity index (χ2n) is 5.29. The number of benzene rings is 1. The van der Waals surface area contributed by atoms with Gasteiger partial charge >= 0.3 is 0 Å². The molecule has 1 fully saturated rings. The first kappa shape index (κ1) is 16.0. The van der Waals surface area contributed by atoms with Gasteiger partial charge in [0.1, 0.15) is 5.75 Å². The van der Waals surface area contributed by atoms with Crippen molar-refractivity contribution < 1.29 is 18.3 Å². The van der Waals surface area contributed by atoms with Crippen molar-refractivity contribution in [2.45, 2.75) is 32.1 Å². The topological polar surface area (TPSA) is 78.5 Å². The summed E-state index contributed by atoms with van der Waals surface area (Å²) in [5.41, 5.74) is 0.422. The van der Waals surface area contributed by atoms with Crippen LogP contribution in [-0.4, -0.2) is 27.2 Å². The standard InChI is InChI=1S/C15H21NO4S/c17-15(16-11-21(18)19)13-6-8-14(9-7-13)20-10-12-4-2-1-3-5-12/h6-9,12H,1-5,10-11H2,(H,16,17)(H,18,19)/p-1. The number of ether oxygens (including phenoxy) is 1. The molecule has 1 N–H and O–H groups in total. The van der Waals surface area contributed by atoms with Gasteiger partial charge in [-0.1, -0.05) is 19.3 Å².